The van der Waals surface area contributed by atoms with Gasteiger partial charge in [0.05, 0.1) is 30.7 Å². The number of amides is 3. The zero-order valence-electron chi connectivity index (χ0n) is 23.4. The molecule has 1 aliphatic rings. The second kappa shape index (κ2) is 14.0. The molecule has 3 N–H and O–H groups in total. The van der Waals surface area contributed by atoms with Gasteiger partial charge < -0.3 is 35.1 Å². The van der Waals surface area contributed by atoms with Crippen LogP contribution in [0.5, 0.6) is 11.5 Å². The van der Waals surface area contributed by atoms with E-state index in [1.165, 1.54) is 19.2 Å². The molecule has 12 heteroatoms. The predicted octanol–water partition coefficient (Wildman–Crippen LogP) is 4.47. The van der Waals surface area contributed by atoms with Gasteiger partial charge in [-0.05, 0) is 48.4 Å². The van der Waals surface area contributed by atoms with Gasteiger partial charge in [-0.25, -0.2) is 0 Å². The van der Waals surface area contributed by atoms with Gasteiger partial charge in [-0.1, -0.05) is 34.1 Å². The van der Waals surface area contributed by atoms with Crippen molar-refractivity contribution in [1.29, 1.82) is 0 Å². The molecule has 11 nitrogen and oxygen atoms in total. The van der Waals surface area contributed by atoms with Gasteiger partial charge in [0.2, 0.25) is 11.8 Å². The molecule has 220 valence electrons. The molecule has 4 rings (SSSR count). The number of carbonyl (C=O) groups is 4. The number of hydrogen-bond acceptors (Lipinski definition) is 8. The summed E-state index contributed by atoms with van der Waals surface area (Å²) in [5, 5.41) is 8.15. The molecular weight excluding hydrogens is 608 g/mol. The lowest BCUT2D eigenvalue weighted by Crippen LogP contribution is -2.41. The Labute approximate surface area is 251 Å². The maximum Gasteiger partial charge on any atom is 0.305 e. The number of ether oxygens (including phenoxy) is 3. The third-order valence-corrected chi connectivity index (χ3v) is 6.89. The highest BCUT2D eigenvalue weighted by atomic mass is 79.9. The van der Waals surface area contributed by atoms with Crippen molar-refractivity contribution in [2.75, 3.05) is 43.3 Å². The van der Waals surface area contributed by atoms with E-state index in [-0.39, 0.29) is 48.7 Å². The molecular formula is C30H31BrN4O7. The summed E-state index contributed by atoms with van der Waals surface area (Å²) in [7, 11) is 5.04. The van der Waals surface area contributed by atoms with Crippen LogP contribution in [-0.4, -0.2) is 57.5 Å². The zero-order valence-corrected chi connectivity index (χ0v) is 24.9. The quantitative estimate of drug-likeness (QED) is 0.262. The number of methoxy groups -OCH3 is 1. The standard InChI is InChI=1S/C30H31BrN4O7/c1-35(2)20-5-4-6-21(13-20)42-26-14-22-24(34-30(39)23(33-29(22)38)11-12-28(37)40-3)15-25(26)32-27(36)17-41-16-18-7-9-19(31)10-8-18/h4-10,13-15,23H,11-12,16-17H2,1-3H3,(H,32,36)(H,33,38)(H,34,39)/t23-/m1/s1. The lowest BCUT2D eigenvalue weighted by molar-refractivity contribution is -0.140. The molecule has 0 aliphatic carbocycles. The molecule has 0 spiro atoms. The van der Waals surface area contributed by atoms with Crippen molar-refractivity contribution in [2.24, 2.45) is 0 Å². The Hall–Kier alpha value is -4.42. The molecule has 0 saturated heterocycles. The van der Waals surface area contributed by atoms with Crippen molar-refractivity contribution in [3.8, 4) is 11.5 Å². The number of benzene rings is 3. The third kappa shape index (κ3) is 8.08. The van der Waals surface area contributed by atoms with Crippen LogP contribution in [0.2, 0.25) is 0 Å². The first-order valence-corrected chi connectivity index (χ1v) is 13.9. The van der Waals surface area contributed by atoms with Gasteiger partial charge >= 0.3 is 5.97 Å². The number of nitrogens with zero attached hydrogens (tertiary/aromatic N) is 1. The fourth-order valence-corrected chi connectivity index (χ4v) is 4.39. The van der Waals surface area contributed by atoms with E-state index in [0.29, 0.717) is 5.75 Å². The van der Waals surface area contributed by atoms with Crippen molar-refractivity contribution >= 4 is 56.7 Å². The van der Waals surface area contributed by atoms with Crippen LogP contribution in [0.15, 0.2) is 65.1 Å². The Morgan fingerprint density at radius 1 is 1.05 bits per heavy atom. The van der Waals surface area contributed by atoms with Gasteiger partial charge in [0.1, 0.15) is 18.4 Å². The maximum absolute atomic E-state index is 13.2. The van der Waals surface area contributed by atoms with Gasteiger partial charge in [-0.3, -0.25) is 19.2 Å². The van der Waals surface area contributed by atoms with Crippen LogP contribution < -0.4 is 25.6 Å². The van der Waals surface area contributed by atoms with Crippen molar-refractivity contribution < 1.29 is 33.4 Å². The molecule has 1 atom stereocenters. The largest absolute Gasteiger partial charge is 0.469 e. The number of carbonyl (C=O) groups excluding carboxylic acids is 4. The van der Waals surface area contributed by atoms with Crippen LogP contribution in [0, 0.1) is 0 Å². The van der Waals surface area contributed by atoms with Crippen LogP contribution in [0.3, 0.4) is 0 Å². The monoisotopic (exact) mass is 638 g/mol. The zero-order chi connectivity index (χ0) is 30.2. The van der Waals surface area contributed by atoms with Crippen LogP contribution in [-0.2, 0) is 30.5 Å². The molecule has 3 aromatic rings. The van der Waals surface area contributed by atoms with Crippen LogP contribution in [0.1, 0.15) is 28.8 Å². The number of halogens is 1. The van der Waals surface area contributed by atoms with E-state index in [1.807, 2.05) is 61.5 Å². The lowest BCUT2D eigenvalue weighted by Gasteiger charge is -2.18. The number of fused-ring (bicyclic) bond motifs is 1. The normalized spacial score (nSPS) is 14.1. The number of esters is 1. The SMILES string of the molecule is COC(=O)CC[C@H]1NC(=O)c2cc(Oc3cccc(N(C)C)c3)c(NC(=O)COCc3ccc(Br)cc3)cc2NC1=O. The van der Waals surface area contributed by atoms with E-state index in [4.69, 9.17) is 9.47 Å². The molecule has 0 bridgehead atoms. The summed E-state index contributed by atoms with van der Waals surface area (Å²) in [6.07, 6.45) is 0.00156. The van der Waals surface area contributed by atoms with E-state index < -0.39 is 29.7 Å². The second-order valence-electron chi connectivity index (χ2n) is 9.69. The molecule has 0 radical (unpaired) electrons. The van der Waals surface area contributed by atoms with Gasteiger partial charge in [0, 0.05) is 36.7 Å². The minimum atomic E-state index is -0.963. The van der Waals surface area contributed by atoms with Crippen molar-refractivity contribution in [1.82, 2.24) is 5.32 Å². The summed E-state index contributed by atoms with van der Waals surface area (Å²) < 4.78 is 17.3. The summed E-state index contributed by atoms with van der Waals surface area (Å²) in [6.45, 7) is -0.0140. The summed E-state index contributed by atoms with van der Waals surface area (Å²) in [5.74, 6) is -1.35. The minimum absolute atomic E-state index is 0.0522. The third-order valence-electron chi connectivity index (χ3n) is 6.36. The smallest absolute Gasteiger partial charge is 0.305 e. The summed E-state index contributed by atoms with van der Waals surface area (Å²) >= 11 is 3.38. The van der Waals surface area contributed by atoms with Crippen molar-refractivity contribution in [3.63, 3.8) is 0 Å². The average Bonchev–Trinajstić information content (AvgIpc) is 3.08. The Balaban J connectivity index is 1.58. The number of nitrogens with one attached hydrogen (secondary N) is 3. The summed E-state index contributed by atoms with van der Waals surface area (Å²) in [6, 6.07) is 16.8. The highest BCUT2D eigenvalue weighted by molar-refractivity contribution is 9.10. The molecule has 1 heterocycles. The summed E-state index contributed by atoms with van der Waals surface area (Å²) in [5.41, 5.74) is 2.32. The summed E-state index contributed by atoms with van der Waals surface area (Å²) in [4.78, 5) is 52.5. The Morgan fingerprint density at radius 3 is 2.52 bits per heavy atom. The Morgan fingerprint density at radius 2 is 1.81 bits per heavy atom. The molecule has 3 amide bonds. The van der Waals surface area contributed by atoms with Crippen LogP contribution >= 0.6 is 15.9 Å². The molecule has 42 heavy (non-hydrogen) atoms. The van der Waals surface area contributed by atoms with E-state index in [9.17, 15) is 19.2 Å². The molecule has 0 fully saturated rings. The van der Waals surface area contributed by atoms with E-state index in [1.54, 1.807) is 6.07 Å². The minimum Gasteiger partial charge on any atom is -0.469 e. The molecule has 0 unspecified atom stereocenters. The van der Waals surface area contributed by atoms with Crippen LogP contribution in [0.25, 0.3) is 0 Å². The molecule has 1 aliphatic heterocycles. The van der Waals surface area contributed by atoms with Crippen molar-refractivity contribution in [3.05, 3.63) is 76.3 Å². The number of anilines is 3. The Bertz CT molecular complexity index is 1480. The fourth-order valence-electron chi connectivity index (χ4n) is 4.12. The first-order chi connectivity index (χ1) is 20.1. The topological polar surface area (TPSA) is 135 Å². The number of hydrogen-bond donors (Lipinski definition) is 3. The lowest BCUT2D eigenvalue weighted by atomic mass is 10.1. The van der Waals surface area contributed by atoms with Crippen molar-refractivity contribution in [2.45, 2.75) is 25.5 Å². The van der Waals surface area contributed by atoms with Gasteiger partial charge in [-0.2, -0.15) is 0 Å². The first-order valence-electron chi connectivity index (χ1n) is 13.1. The van der Waals surface area contributed by atoms with Gasteiger partial charge in [0.15, 0.2) is 5.75 Å². The average molecular weight is 640 g/mol. The van der Waals surface area contributed by atoms with Crippen LogP contribution in [0.4, 0.5) is 17.1 Å². The Kier molecular flexibility index (Phi) is 10.2. The molecule has 3 aromatic carbocycles. The fraction of sp³-hybridized carbons (Fsp3) is 0.267. The maximum atomic E-state index is 13.2. The highest BCUT2D eigenvalue weighted by Gasteiger charge is 2.30. The molecule has 0 aromatic heterocycles. The van der Waals surface area contributed by atoms with Gasteiger partial charge in [0.25, 0.3) is 5.91 Å². The highest BCUT2D eigenvalue weighted by Crippen LogP contribution is 2.37. The van der Waals surface area contributed by atoms with E-state index in [2.05, 4.69) is 36.6 Å². The predicted molar refractivity (Wildman–Crippen MR) is 161 cm³/mol. The molecule has 0 saturated carbocycles. The number of rotatable bonds is 11. The second-order valence-corrected chi connectivity index (χ2v) is 10.6. The van der Waals surface area contributed by atoms with Gasteiger partial charge in [-0.15, -0.1) is 0 Å². The first kappa shape index (κ1) is 30.5. The van der Waals surface area contributed by atoms with E-state index >= 15 is 0 Å². The van der Waals surface area contributed by atoms with E-state index in [0.717, 1.165) is 15.7 Å².